The van der Waals surface area contributed by atoms with Crippen LogP contribution in [0, 0.1) is 6.92 Å². The van der Waals surface area contributed by atoms with Gasteiger partial charge >= 0.3 is 0 Å². The van der Waals surface area contributed by atoms with Gasteiger partial charge in [-0.05, 0) is 18.6 Å². The molecule has 106 valence electrons. The maximum atomic E-state index is 4.83. The van der Waals surface area contributed by atoms with Gasteiger partial charge in [-0.2, -0.15) is 0 Å². The van der Waals surface area contributed by atoms with E-state index in [1.165, 1.54) is 0 Å². The summed E-state index contributed by atoms with van der Waals surface area (Å²) in [7, 11) is 3.71. The second-order valence-electron chi connectivity index (χ2n) is 4.51. The van der Waals surface area contributed by atoms with Gasteiger partial charge in [0.05, 0.1) is 18.8 Å². The maximum absolute atomic E-state index is 4.83. The van der Waals surface area contributed by atoms with E-state index in [1.54, 1.807) is 19.5 Å². The van der Waals surface area contributed by atoms with Crippen molar-refractivity contribution in [3.63, 3.8) is 0 Å². The molecule has 0 aliphatic heterocycles. The minimum atomic E-state index is 0.636. The van der Waals surface area contributed by atoms with Gasteiger partial charge in [0.25, 0.3) is 0 Å². The smallest absolute Gasteiger partial charge is 0.194 e. The summed E-state index contributed by atoms with van der Waals surface area (Å²) < 4.78 is 4.83. The zero-order valence-electron chi connectivity index (χ0n) is 12.0. The fourth-order valence-corrected chi connectivity index (χ4v) is 1.89. The average Bonchev–Trinajstić information content (AvgIpc) is 2.94. The first-order valence-corrected chi connectivity index (χ1v) is 6.42. The van der Waals surface area contributed by atoms with Crippen LogP contribution in [0.4, 0.5) is 0 Å². The van der Waals surface area contributed by atoms with Crippen molar-refractivity contribution in [1.29, 1.82) is 0 Å². The molecule has 2 aromatic heterocycles. The van der Waals surface area contributed by atoms with Crippen LogP contribution in [0.3, 0.4) is 0 Å². The van der Waals surface area contributed by atoms with Crippen molar-refractivity contribution < 1.29 is 4.52 Å². The highest BCUT2D eigenvalue weighted by atomic mass is 16.5. The third-order valence-corrected chi connectivity index (χ3v) is 3.00. The van der Waals surface area contributed by atoms with Crippen LogP contribution in [0.15, 0.2) is 40.2 Å². The van der Waals surface area contributed by atoms with E-state index >= 15 is 0 Å². The van der Waals surface area contributed by atoms with Crippen molar-refractivity contribution in [3.05, 3.63) is 47.6 Å². The van der Waals surface area contributed by atoms with Gasteiger partial charge in [0, 0.05) is 26.4 Å². The van der Waals surface area contributed by atoms with Crippen molar-refractivity contribution in [2.45, 2.75) is 20.0 Å². The first-order valence-electron chi connectivity index (χ1n) is 6.42. The van der Waals surface area contributed by atoms with Crippen LogP contribution in [-0.2, 0) is 13.1 Å². The lowest BCUT2D eigenvalue weighted by atomic mass is 10.2. The fourth-order valence-electron chi connectivity index (χ4n) is 1.89. The van der Waals surface area contributed by atoms with Crippen LogP contribution < -0.4 is 5.32 Å². The van der Waals surface area contributed by atoms with Crippen molar-refractivity contribution in [2.75, 3.05) is 14.1 Å². The lowest BCUT2D eigenvalue weighted by Crippen LogP contribution is -2.38. The van der Waals surface area contributed by atoms with E-state index in [0.717, 1.165) is 22.9 Å². The molecule has 6 nitrogen and oxygen atoms in total. The summed E-state index contributed by atoms with van der Waals surface area (Å²) in [6.07, 6.45) is 3.36. The van der Waals surface area contributed by atoms with E-state index in [1.807, 2.05) is 37.1 Å². The maximum Gasteiger partial charge on any atom is 0.194 e. The number of hydrogen-bond acceptors (Lipinski definition) is 4. The van der Waals surface area contributed by atoms with Gasteiger partial charge in [-0.15, -0.1) is 0 Å². The molecule has 0 aromatic carbocycles. The molecule has 0 amide bonds. The molecular weight excluding hydrogens is 254 g/mol. The molecule has 0 aliphatic rings. The number of nitrogens with one attached hydrogen (secondary N) is 1. The molecule has 0 saturated heterocycles. The molecule has 2 aromatic rings. The van der Waals surface area contributed by atoms with E-state index in [2.05, 4.69) is 20.4 Å². The number of rotatable bonds is 4. The zero-order chi connectivity index (χ0) is 14.4. The topological polar surface area (TPSA) is 66.6 Å². The first kappa shape index (κ1) is 14.0. The normalized spacial score (nSPS) is 11.4. The largest absolute Gasteiger partial charge is 0.364 e. The Hall–Kier alpha value is -2.37. The minimum Gasteiger partial charge on any atom is -0.364 e. The third-order valence-electron chi connectivity index (χ3n) is 3.00. The molecule has 0 fully saturated rings. The molecule has 6 heteroatoms. The second-order valence-corrected chi connectivity index (χ2v) is 4.51. The van der Waals surface area contributed by atoms with E-state index in [9.17, 15) is 0 Å². The van der Waals surface area contributed by atoms with E-state index in [-0.39, 0.29) is 0 Å². The summed E-state index contributed by atoms with van der Waals surface area (Å²) in [5.41, 5.74) is 3.04. The van der Waals surface area contributed by atoms with E-state index < -0.39 is 0 Å². The summed E-state index contributed by atoms with van der Waals surface area (Å²) in [5, 5.41) is 7.19. The SMILES string of the molecule is CN=C(NCc1ncccc1C)N(C)Cc1ccon1. The summed E-state index contributed by atoms with van der Waals surface area (Å²) in [4.78, 5) is 10.6. The Morgan fingerprint density at radius 1 is 1.45 bits per heavy atom. The third kappa shape index (κ3) is 3.57. The standard InChI is InChI=1S/C14H19N5O/c1-11-5-4-7-16-13(11)9-17-14(15-2)19(3)10-12-6-8-20-18-12/h4-8H,9-10H2,1-3H3,(H,15,17). The number of guanidine groups is 1. The summed E-state index contributed by atoms with van der Waals surface area (Å²) in [5.74, 6) is 0.790. The highest BCUT2D eigenvalue weighted by molar-refractivity contribution is 5.79. The Morgan fingerprint density at radius 2 is 2.30 bits per heavy atom. The number of aliphatic imine (C=N–C) groups is 1. The lowest BCUT2D eigenvalue weighted by molar-refractivity contribution is 0.391. The Bertz CT molecular complexity index is 565. The van der Waals surface area contributed by atoms with Crippen LogP contribution >= 0.6 is 0 Å². The van der Waals surface area contributed by atoms with Crippen LogP contribution in [0.1, 0.15) is 17.0 Å². The van der Waals surface area contributed by atoms with Crippen molar-refractivity contribution in [1.82, 2.24) is 20.4 Å². The lowest BCUT2D eigenvalue weighted by Gasteiger charge is -2.21. The van der Waals surface area contributed by atoms with Gasteiger partial charge in [-0.3, -0.25) is 9.98 Å². The van der Waals surface area contributed by atoms with Crippen LogP contribution in [0.2, 0.25) is 0 Å². The molecule has 0 bridgehead atoms. The molecule has 2 heterocycles. The summed E-state index contributed by atoms with van der Waals surface area (Å²) >= 11 is 0. The van der Waals surface area contributed by atoms with Gasteiger partial charge in [0.15, 0.2) is 5.96 Å². The molecule has 1 N–H and O–H groups in total. The van der Waals surface area contributed by atoms with Crippen LogP contribution in [0.5, 0.6) is 0 Å². The fraction of sp³-hybridized carbons (Fsp3) is 0.357. The van der Waals surface area contributed by atoms with E-state index in [4.69, 9.17) is 4.52 Å². The van der Waals surface area contributed by atoms with Crippen molar-refractivity contribution in [2.24, 2.45) is 4.99 Å². The molecule has 20 heavy (non-hydrogen) atoms. The molecule has 2 rings (SSSR count). The summed E-state index contributed by atoms with van der Waals surface area (Å²) in [6, 6.07) is 5.82. The quantitative estimate of drug-likeness (QED) is 0.677. The monoisotopic (exact) mass is 273 g/mol. The van der Waals surface area contributed by atoms with Crippen molar-refractivity contribution in [3.8, 4) is 0 Å². The molecule has 0 radical (unpaired) electrons. The predicted octanol–water partition coefficient (Wildman–Crippen LogP) is 1.59. The van der Waals surface area contributed by atoms with Gasteiger partial charge in [0.2, 0.25) is 0 Å². The van der Waals surface area contributed by atoms with E-state index in [0.29, 0.717) is 13.1 Å². The Morgan fingerprint density at radius 3 is 2.95 bits per heavy atom. The first-order chi connectivity index (χ1) is 9.70. The molecule has 0 atom stereocenters. The van der Waals surface area contributed by atoms with Gasteiger partial charge < -0.3 is 14.7 Å². The highest BCUT2D eigenvalue weighted by Gasteiger charge is 2.09. The van der Waals surface area contributed by atoms with Crippen LogP contribution in [-0.4, -0.2) is 35.1 Å². The summed E-state index contributed by atoms with van der Waals surface area (Å²) in [6.45, 7) is 3.33. The number of hydrogen-bond donors (Lipinski definition) is 1. The Balaban J connectivity index is 1.94. The molecule has 0 unspecified atom stereocenters. The highest BCUT2D eigenvalue weighted by Crippen LogP contribution is 2.04. The van der Waals surface area contributed by atoms with Gasteiger partial charge in [-0.1, -0.05) is 11.2 Å². The minimum absolute atomic E-state index is 0.636. The molecule has 0 saturated carbocycles. The zero-order valence-corrected chi connectivity index (χ0v) is 12.0. The predicted molar refractivity (Wildman–Crippen MR) is 77.1 cm³/mol. The Kier molecular flexibility index (Phi) is 4.70. The number of aromatic nitrogens is 2. The second kappa shape index (κ2) is 6.70. The van der Waals surface area contributed by atoms with Gasteiger partial charge in [-0.25, -0.2) is 0 Å². The Labute approximate surface area is 118 Å². The molecule has 0 aliphatic carbocycles. The molecular formula is C14H19N5O. The number of aryl methyl sites for hydroxylation is 1. The van der Waals surface area contributed by atoms with Crippen molar-refractivity contribution >= 4 is 5.96 Å². The number of nitrogens with zero attached hydrogens (tertiary/aromatic N) is 4. The van der Waals surface area contributed by atoms with Gasteiger partial charge in [0.1, 0.15) is 12.0 Å². The number of pyridine rings is 1. The van der Waals surface area contributed by atoms with Crippen LogP contribution in [0.25, 0.3) is 0 Å². The molecule has 0 spiro atoms. The average molecular weight is 273 g/mol.